The van der Waals surface area contributed by atoms with Gasteiger partial charge in [-0.2, -0.15) is 0 Å². The van der Waals surface area contributed by atoms with Crippen LogP contribution in [-0.2, 0) is 10.0 Å². The summed E-state index contributed by atoms with van der Waals surface area (Å²) in [5.74, 6) is -0.476. The van der Waals surface area contributed by atoms with E-state index in [0.29, 0.717) is 11.5 Å². The maximum absolute atomic E-state index is 12.6. The Balaban J connectivity index is 1.70. The molecule has 2 aromatic carbocycles. The molecule has 0 saturated heterocycles. The third kappa shape index (κ3) is 5.87. The van der Waals surface area contributed by atoms with E-state index in [1.807, 2.05) is 22.9 Å². The van der Waals surface area contributed by atoms with Gasteiger partial charge in [0, 0.05) is 18.3 Å². The van der Waals surface area contributed by atoms with Gasteiger partial charge in [-0.3, -0.25) is 14.6 Å². The molecule has 10 heteroatoms. The van der Waals surface area contributed by atoms with Crippen LogP contribution in [0.3, 0.4) is 0 Å². The minimum absolute atomic E-state index is 0.0231. The van der Waals surface area contributed by atoms with Gasteiger partial charge in [0.1, 0.15) is 17.2 Å². The summed E-state index contributed by atoms with van der Waals surface area (Å²) in [6, 6.07) is 17.0. The van der Waals surface area contributed by atoms with Crippen molar-refractivity contribution in [3.63, 3.8) is 0 Å². The maximum Gasteiger partial charge on any atom is 0.269 e. The summed E-state index contributed by atoms with van der Waals surface area (Å²) < 4.78 is 32.7. The van der Waals surface area contributed by atoms with Gasteiger partial charge in [-0.15, -0.1) is 0 Å². The number of nitrogens with zero attached hydrogens (tertiary/aromatic N) is 1. The van der Waals surface area contributed by atoms with Gasteiger partial charge < -0.3 is 15.2 Å². The molecule has 0 bridgehead atoms. The summed E-state index contributed by atoms with van der Waals surface area (Å²) in [5, 5.41) is 11.2. The predicted octanol–water partition coefficient (Wildman–Crippen LogP) is 1.71. The van der Waals surface area contributed by atoms with Gasteiger partial charge in [-0.25, -0.2) is 13.1 Å². The molecule has 2 amide bonds. The van der Waals surface area contributed by atoms with Crippen molar-refractivity contribution in [2.75, 3.05) is 13.2 Å². The highest BCUT2D eigenvalue weighted by atomic mass is 32.2. The van der Waals surface area contributed by atoms with Gasteiger partial charge >= 0.3 is 0 Å². The van der Waals surface area contributed by atoms with Gasteiger partial charge in [-0.05, 0) is 48.5 Å². The lowest BCUT2D eigenvalue weighted by Gasteiger charge is -2.09. The van der Waals surface area contributed by atoms with Crippen molar-refractivity contribution in [1.82, 2.24) is 15.0 Å². The lowest BCUT2D eigenvalue weighted by atomic mass is 10.2. The smallest absolute Gasteiger partial charge is 0.269 e. The Morgan fingerprint density at radius 1 is 0.935 bits per heavy atom. The number of benzene rings is 2. The number of pyridine rings is 1. The monoisotopic (exact) mass is 441 g/mol. The Labute approximate surface area is 178 Å². The van der Waals surface area contributed by atoms with Crippen LogP contribution >= 0.6 is 0 Å². The highest BCUT2D eigenvalue weighted by Gasteiger charge is 2.20. The molecule has 0 fully saturated rings. The van der Waals surface area contributed by atoms with E-state index in [9.17, 15) is 18.0 Å². The molecule has 0 atom stereocenters. The number of aromatic nitrogens is 1. The van der Waals surface area contributed by atoms with Crippen LogP contribution in [0.2, 0.25) is 0 Å². The highest BCUT2D eigenvalue weighted by molar-refractivity contribution is 7.90. The second kappa shape index (κ2) is 9.83. The first-order valence-corrected chi connectivity index (χ1v) is 10.6. The average molecular weight is 441 g/mol. The van der Waals surface area contributed by atoms with E-state index in [0.717, 1.165) is 6.07 Å². The fourth-order valence-electron chi connectivity index (χ4n) is 2.51. The number of carbonyl (C=O) groups excluding carboxylic acids is 2. The van der Waals surface area contributed by atoms with Crippen molar-refractivity contribution in [3.8, 4) is 11.5 Å². The molecule has 1 aromatic heterocycles. The Morgan fingerprint density at radius 2 is 1.61 bits per heavy atom. The Kier molecular flexibility index (Phi) is 6.96. The first kappa shape index (κ1) is 21.9. The quantitative estimate of drug-likeness (QED) is 0.484. The summed E-state index contributed by atoms with van der Waals surface area (Å²) in [7, 11) is -4.15. The predicted molar refractivity (Wildman–Crippen MR) is 111 cm³/mol. The average Bonchev–Trinajstić information content (AvgIpc) is 2.78. The number of aliphatic hydroxyl groups excluding tert-OH is 1. The first-order chi connectivity index (χ1) is 14.9. The van der Waals surface area contributed by atoms with Gasteiger partial charge in [-0.1, -0.05) is 18.2 Å². The second-order valence-corrected chi connectivity index (χ2v) is 7.91. The van der Waals surface area contributed by atoms with E-state index >= 15 is 0 Å². The minimum Gasteiger partial charge on any atom is -0.457 e. The lowest BCUT2D eigenvalue weighted by Crippen LogP contribution is -2.31. The molecule has 0 unspecified atom stereocenters. The van der Waals surface area contributed by atoms with Crippen LogP contribution in [0.4, 0.5) is 0 Å². The number of rotatable bonds is 8. The Morgan fingerprint density at radius 3 is 2.29 bits per heavy atom. The summed E-state index contributed by atoms with van der Waals surface area (Å²) in [5.41, 5.74) is -0.141. The molecule has 1 heterocycles. The number of aliphatic hydroxyl groups is 1. The molecule has 0 spiro atoms. The molecule has 0 aliphatic rings. The van der Waals surface area contributed by atoms with Crippen molar-refractivity contribution >= 4 is 21.8 Å². The molecule has 0 saturated carbocycles. The summed E-state index contributed by atoms with van der Waals surface area (Å²) in [6.45, 7) is -0.228. The number of nitrogens with one attached hydrogen (secondary N) is 2. The fourth-order valence-corrected chi connectivity index (χ4v) is 3.48. The normalized spacial score (nSPS) is 10.9. The van der Waals surface area contributed by atoms with E-state index in [-0.39, 0.29) is 29.3 Å². The van der Waals surface area contributed by atoms with E-state index in [1.54, 1.807) is 12.1 Å². The van der Waals surface area contributed by atoms with Crippen LogP contribution in [0.5, 0.6) is 11.5 Å². The van der Waals surface area contributed by atoms with Crippen LogP contribution in [0.1, 0.15) is 20.8 Å². The molecule has 0 radical (unpaired) electrons. The largest absolute Gasteiger partial charge is 0.457 e. The summed E-state index contributed by atoms with van der Waals surface area (Å²) >= 11 is 0. The molecule has 0 aliphatic heterocycles. The van der Waals surface area contributed by atoms with Crippen LogP contribution < -0.4 is 14.8 Å². The SMILES string of the molecule is O=C(NS(=O)(=O)c1ccc(Oc2ccccc2)cc1)c1ccnc(C(=O)NCCO)c1. The summed E-state index contributed by atoms with van der Waals surface area (Å²) in [4.78, 5) is 28.0. The highest BCUT2D eigenvalue weighted by Crippen LogP contribution is 2.22. The van der Waals surface area contributed by atoms with Crippen molar-refractivity contribution < 1.29 is 27.9 Å². The zero-order chi connectivity index (χ0) is 22.3. The third-order valence-electron chi connectivity index (χ3n) is 3.99. The van der Waals surface area contributed by atoms with Crippen molar-refractivity contribution in [2.45, 2.75) is 4.90 Å². The molecule has 3 rings (SSSR count). The number of sulfonamides is 1. The number of hydrogen-bond donors (Lipinski definition) is 3. The number of ether oxygens (including phenoxy) is 1. The topological polar surface area (TPSA) is 135 Å². The van der Waals surface area contributed by atoms with Crippen LogP contribution in [-0.4, -0.2) is 43.5 Å². The summed E-state index contributed by atoms with van der Waals surface area (Å²) in [6.07, 6.45) is 1.21. The van der Waals surface area contributed by atoms with E-state index in [2.05, 4.69) is 10.3 Å². The molecular weight excluding hydrogens is 422 g/mol. The zero-order valence-electron chi connectivity index (χ0n) is 16.2. The van der Waals surface area contributed by atoms with E-state index < -0.39 is 21.8 Å². The van der Waals surface area contributed by atoms with Crippen LogP contribution in [0.25, 0.3) is 0 Å². The molecule has 0 aliphatic carbocycles. The van der Waals surface area contributed by atoms with Crippen LogP contribution in [0, 0.1) is 0 Å². The molecule has 3 N–H and O–H groups in total. The van der Waals surface area contributed by atoms with Gasteiger partial charge in [0.25, 0.3) is 21.8 Å². The number of carbonyl (C=O) groups is 2. The van der Waals surface area contributed by atoms with Crippen molar-refractivity contribution in [2.24, 2.45) is 0 Å². The Bertz CT molecular complexity index is 1170. The minimum atomic E-state index is -4.15. The van der Waals surface area contributed by atoms with E-state index in [1.165, 1.54) is 36.5 Å². The molecule has 9 nitrogen and oxygen atoms in total. The van der Waals surface area contributed by atoms with Gasteiger partial charge in [0.05, 0.1) is 11.5 Å². The first-order valence-electron chi connectivity index (χ1n) is 9.14. The van der Waals surface area contributed by atoms with E-state index in [4.69, 9.17) is 9.84 Å². The lowest BCUT2D eigenvalue weighted by molar-refractivity contribution is 0.0940. The number of amides is 2. The van der Waals surface area contributed by atoms with Crippen molar-refractivity contribution in [1.29, 1.82) is 0 Å². The number of hydrogen-bond acceptors (Lipinski definition) is 7. The zero-order valence-corrected chi connectivity index (χ0v) is 17.0. The molecule has 3 aromatic rings. The molecular formula is C21H19N3O6S. The number of para-hydroxylation sites is 1. The Hall–Kier alpha value is -3.76. The maximum atomic E-state index is 12.6. The van der Waals surface area contributed by atoms with Gasteiger partial charge in [0.2, 0.25) is 0 Å². The molecule has 31 heavy (non-hydrogen) atoms. The molecule has 160 valence electrons. The van der Waals surface area contributed by atoms with Crippen LogP contribution in [0.15, 0.2) is 77.8 Å². The fraction of sp³-hybridized carbons (Fsp3) is 0.0952. The third-order valence-corrected chi connectivity index (χ3v) is 5.34. The standard InChI is InChI=1S/C21H19N3O6S/c25-13-12-23-21(27)19-14-15(10-11-22-19)20(26)24-31(28,29)18-8-6-17(7-9-18)30-16-4-2-1-3-5-16/h1-11,14,25H,12-13H2,(H,23,27)(H,24,26). The van der Waals surface area contributed by atoms with Gasteiger partial charge in [0.15, 0.2) is 0 Å². The second-order valence-electron chi connectivity index (χ2n) is 6.23. The van der Waals surface area contributed by atoms with Crippen molar-refractivity contribution in [3.05, 3.63) is 84.2 Å².